The maximum absolute atomic E-state index is 6.03. The topological polar surface area (TPSA) is 48.5 Å². The van der Waals surface area contributed by atoms with Crippen molar-refractivity contribution in [2.24, 2.45) is 0 Å². The Balaban J connectivity index is 1.65. The summed E-state index contributed by atoms with van der Waals surface area (Å²) in [6.45, 7) is 0.626. The molecule has 2 aromatic carbocycles. The molecule has 0 saturated carbocycles. The number of hydrogen-bond donors (Lipinski definition) is 0. The highest BCUT2D eigenvalue weighted by Gasteiger charge is 2.19. The van der Waals surface area contributed by atoms with Crippen LogP contribution in [0.1, 0.15) is 22.9 Å². The predicted octanol–water partition coefficient (Wildman–Crippen LogP) is 4.47. The van der Waals surface area contributed by atoms with Gasteiger partial charge in [0.05, 0.1) is 19.1 Å². The summed E-state index contributed by atoms with van der Waals surface area (Å²) in [6.07, 6.45) is 7.39. The van der Waals surface area contributed by atoms with Crippen molar-refractivity contribution >= 4 is 23.2 Å². The Labute approximate surface area is 160 Å². The largest absolute Gasteiger partial charge is 0.324 e. The van der Waals surface area contributed by atoms with Gasteiger partial charge in [-0.25, -0.2) is 9.67 Å². The molecule has 0 amide bonds. The number of aromatic nitrogens is 5. The number of rotatable bonds is 5. The van der Waals surface area contributed by atoms with Crippen LogP contribution in [0.2, 0.25) is 10.0 Å². The molecule has 0 aliphatic carbocycles. The molecule has 0 aliphatic rings. The van der Waals surface area contributed by atoms with Gasteiger partial charge in [0.25, 0.3) is 0 Å². The van der Waals surface area contributed by atoms with Gasteiger partial charge in [0.1, 0.15) is 11.7 Å². The first-order valence-corrected chi connectivity index (χ1v) is 8.82. The maximum atomic E-state index is 6.03. The zero-order chi connectivity index (χ0) is 17.9. The van der Waals surface area contributed by atoms with Crippen LogP contribution in [0.15, 0.2) is 73.4 Å². The van der Waals surface area contributed by atoms with Crippen molar-refractivity contribution in [1.82, 2.24) is 24.5 Å². The number of halogens is 2. The summed E-state index contributed by atoms with van der Waals surface area (Å²) in [6, 6.07) is 15.3. The van der Waals surface area contributed by atoms with Crippen molar-refractivity contribution in [1.29, 1.82) is 0 Å². The molecular formula is C19H15Cl2N5. The highest BCUT2D eigenvalue weighted by molar-refractivity contribution is 6.30. The van der Waals surface area contributed by atoms with Gasteiger partial charge < -0.3 is 4.57 Å². The maximum Gasteiger partial charge on any atom is 0.110 e. The van der Waals surface area contributed by atoms with Crippen LogP contribution < -0.4 is 0 Å². The van der Waals surface area contributed by atoms with Gasteiger partial charge in [-0.15, -0.1) is 5.10 Å². The van der Waals surface area contributed by atoms with Crippen LogP contribution in [0, 0.1) is 0 Å². The molecular weight excluding hydrogens is 369 g/mol. The first kappa shape index (κ1) is 16.8. The number of nitrogens with zero attached hydrogens (tertiary/aromatic N) is 5. The lowest BCUT2D eigenvalue weighted by atomic mass is 10.0. The highest BCUT2D eigenvalue weighted by Crippen LogP contribution is 2.26. The molecule has 2 aromatic heterocycles. The van der Waals surface area contributed by atoms with Crippen LogP contribution in [0.5, 0.6) is 0 Å². The third-order valence-electron chi connectivity index (χ3n) is 4.10. The standard InChI is InChI=1S/C19H15Cl2N5/c20-16-5-1-14(2-6-16)11-26-12-18(23-24-26)19(25-10-9-22-13-25)15-3-7-17(21)8-4-15/h1-10,12-13,19H,11H2/t19-/m1/s1. The molecule has 0 radical (unpaired) electrons. The molecule has 1 atom stereocenters. The molecule has 0 spiro atoms. The Bertz CT molecular complexity index is 976. The Hall–Kier alpha value is -2.63. The zero-order valence-electron chi connectivity index (χ0n) is 13.7. The second-order valence-corrected chi connectivity index (χ2v) is 6.80. The molecule has 0 fully saturated rings. The van der Waals surface area contributed by atoms with Gasteiger partial charge >= 0.3 is 0 Å². The molecule has 2 heterocycles. The Morgan fingerprint density at radius 3 is 2.27 bits per heavy atom. The molecule has 130 valence electrons. The molecule has 7 heteroatoms. The third kappa shape index (κ3) is 3.64. The minimum Gasteiger partial charge on any atom is -0.324 e. The van der Waals surface area contributed by atoms with E-state index in [1.165, 1.54) is 0 Å². The van der Waals surface area contributed by atoms with Crippen molar-refractivity contribution < 1.29 is 0 Å². The van der Waals surface area contributed by atoms with Gasteiger partial charge in [-0.05, 0) is 35.4 Å². The molecule has 4 aromatic rings. The normalized spacial score (nSPS) is 12.2. The summed E-state index contributed by atoms with van der Waals surface area (Å²) in [5.41, 5.74) is 3.00. The van der Waals surface area contributed by atoms with Gasteiger partial charge in [0, 0.05) is 22.4 Å². The van der Waals surface area contributed by atoms with Crippen LogP contribution >= 0.6 is 23.2 Å². The minimum atomic E-state index is -0.117. The van der Waals surface area contributed by atoms with E-state index in [-0.39, 0.29) is 6.04 Å². The Morgan fingerprint density at radius 1 is 0.923 bits per heavy atom. The molecule has 5 nitrogen and oxygen atoms in total. The average molecular weight is 384 g/mol. The van der Waals surface area contributed by atoms with Crippen molar-refractivity contribution in [2.75, 3.05) is 0 Å². The monoisotopic (exact) mass is 383 g/mol. The summed E-state index contributed by atoms with van der Waals surface area (Å²) in [4.78, 5) is 4.16. The Kier molecular flexibility index (Phi) is 4.73. The van der Waals surface area contributed by atoms with E-state index in [2.05, 4.69) is 15.3 Å². The van der Waals surface area contributed by atoms with Crippen molar-refractivity contribution in [2.45, 2.75) is 12.6 Å². The van der Waals surface area contributed by atoms with Gasteiger partial charge in [0.2, 0.25) is 0 Å². The lowest BCUT2D eigenvalue weighted by Crippen LogP contribution is -2.11. The molecule has 0 N–H and O–H groups in total. The highest BCUT2D eigenvalue weighted by atomic mass is 35.5. The molecule has 0 bridgehead atoms. The lowest BCUT2D eigenvalue weighted by molar-refractivity contribution is 0.640. The van der Waals surface area contributed by atoms with E-state index in [1.807, 2.05) is 70.2 Å². The van der Waals surface area contributed by atoms with Gasteiger partial charge in [0.15, 0.2) is 0 Å². The second-order valence-electron chi connectivity index (χ2n) is 5.93. The fraction of sp³-hybridized carbons (Fsp3) is 0.105. The summed E-state index contributed by atoms with van der Waals surface area (Å²) in [7, 11) is 0. The predicted molar refractivity (Wildman–Crippen MR) is 101 cm³/mol. The minimum absolute atomic E-state index is 0.117. The van der Waals surface area contributed by atoms with E-state index in [1.54, 1.807) is 12.5 Å². The fourth-order valence-electron chi connectivity index (χ4n) is 2.86. The first-order chi connectivity index (χ1) is 12.7. The SMILES string of the molecule is Clc1ccc(Cn2cc([C@@H](c3ccc(Cl)cc3)n3ccnc3)nn2)cc1. The summed E-state index contributed by atoms with van der Waals surface area (Å²) in [5.74, 6) is 0. The van der Waals surface area contributed by atoms with Gasteiger partial charge in [-0.3, -0.25) is 0 Å². The molecule has 0 unspecified atom stereocenters. The molecule has 0 saturated heterocycles. The van der Waals surface area contributed by atoms with Crippen LogP contribution in [0.25, 0.3) is 0 Å². The quantitative estimate of drug-likeness (QED) is 0.510. The van der Waals surface area contributed by atoms with E-state index < -0.39 is 0 Å². The number of imidazole rings is 1. The van der Waals surface area contributed by atoms with Gasteiger partial charge in [-0.1, -0.05) is 52.7 Å². The molecule has 4 rings (SSSR count). The number of hydrogen-bond acceptors (Lipinski definition) is 3. The van der Waals surface area contributed by atoms with Crippen LogP contribution in [0.3, 0.4) is 0 Å². The van der Waals surface area contributed by atoms with Crippen molar-refractivity contribution in [3.05, 3.63) is 100 Å². The van der Waals surface area contributed by atoms with E-state index >= 15 is 0 Å². The van der Waals surface area contributed by atoms with Crippen LogP contribution in [-0.4, -0.2) is 24.5 Å². The van der Waals surface area contributed by atoms with E-state index in [0.29, 0.717) is 11.6 Å². The number of benzene rings is 2. The molecule has 0 aliphatic heterocycles. The summed E-state index contributed by atoms with van der Waals surface area (Å²) < 4.78 is 3.82. The smallest absolute Gasteiger partial charge is 0.110 e. The first-order valence-electron chi connectivity index (χ1n) is 8.06. The van der Waals surface area contributed by atoms with E-state index in [0.717, 1.165) is 21.8 Å². The van der Waals surface area contributed by atoms with Crippen molar-refractivity contribution in [3.8, 4) is 0 Å². The summed E-state index contributed by atoms with van der Waals surface area (Å²) >= 11 is 12.0. The fourth-order valence-corrected chi connectivity index (χ4v) is 3.11. The molecule has 26 heavy (non-hydrogen) atoms. The average Bonchev–Trinajstić information content (AvgIpc) is 3.32. The Morgan fingerprint density at radius 2 is 1.62 bits per heavy atom. The summed E-state index contributed by atoms with van der Waals surface area (Å²) in [5, 5.41) is 10.1. The van der Waals surface area contributed by atoms with Crippen LogP contribution in [0.4, 0.5) is 0 Å². The third-order valence-corrected chi connectivity index (χ3v) is 4.61. The van der Waals surface area contributed by atoms with E-state index in [4.69, 9.17) is 23.2 Å². The van der Waals surface area contributed by atoms with Gasteiger partial charge in [-0.2, -0.15) is 0 Å². The second kappa shape index (κ2) is 7.32. The van der Waals surface area contributed by atoms with Crippen molar-refractivity contribution in [3.63, 3.8) is 0 Å². The lowest BCUT2D eigenvalue weighted by Gasteiger charge is -2.16. The van der Waals surface area contributed by atoms with Crippen LogP contribution in [-0.2, 0) is 6.54 Å². The zero-order valence-corrected chi connectivity index (χ0v) is 15.2. The van der Waals surface area contributed by atoms with E-state index in [9.17, 15) is 0 Å².